The number of ether oxygens (including phenoxy) is 1. The van der Waals surface area contributed by atoms with Gasteiger partial charge in [0.1, 0.15) is 11.3 Å². The van der Waals surface area contributed by atoms with Gasteiger partial charge in [0.25, 0.3) is 0 Å². The molecule has 0 aromatic heterocycles. The maximum atomic E-state index is 13.4. The Labute approximate surface area is 102 Å². The van der Waals surface area contributed by atoms with Crippen LogP contribution in [-0.4, -0.2) is 11.1 Å². The van der Waals surface area contributed by atoms with Gasteiger partial charge in [-0.1, -0.05) is 12.1 Å². The lowest BCUT2D eigenvalue weighted by molar-refractivity contribution is 0.0694. The Hall–Kier alpha value is -2.56. The molecule has 2 aromatic rings. The molecule has 0 radical (unpaired) electrons. The van der Waals surface area contributed by atoms with Gasteiger partial charge in [0.2, 0.25) is 0 Å². The lowest BCUT2D eigenvalue weighted by Gasteiger charge is -2.09. The third kappa shape index (κ3) is 2.40. The largest absolute Gasteiger partial charge is 0.478 e. The molecule has 0 spiro atoms. The molecule has 0 aliphatic rings. The van der Waals surface area contributed by atoms with Crippen molar-refractivity contribution in [2.75, 3.05) is 5.73 Å². The molecule has 18 heavy (non-hydrogen) atoms. The van der Waals surface area contributed by atoms with Crippen molar-refractivity contribution in [3.63, 3.8) is 0 Å². The van der Waals surface area contributed by atoms with Crippen LogP contribution in [0.3, 0.4) is 0 Å². The highest BCUT2D eigenvalue weighted by atomic mass is 19.1. The maximum absolute atomic E-state index is 13.4. The maximum Gasteiger partial charge on any atom is 0.339 e. The average molecular weight is 247 g/mol. The SMILES string of the molecule is Nc1ccc(Oc2ccccc2F)c(C(=O)O)c1. The fourth-order valence-electron chi connectivity index (χ4n) is 1.45. The molecule has 2 rings (SSSR count). The number of anilines is 1. The van der Waals surface area contributed by atoms with Crippen LogP contribution in [0.25, 0.3) is 0 Å². The van der Waals surface area contributed by atoms with Crippen molar-refractivity contribution < 1.29 is 19.0 Å². The molecule has 0 atom stereocenters. The molecule has 0 saturated heterocycles. The third-order valence-corrected chi connectivity index (χ3v) is 2.29. The molecule has 3 N–H and O–H groups in total. The van der Waals surface area contributed by atoms with Crippen molar-refractivity contribution in [2.24, 2.45) is 0 Å². The fraction of sp³-hybridized carbons (Fsp3) is 0. The predicted molar refractivity (Wildman–Crippen MR) is 64.3 cm³/mol. The number of para-hydroxylation sites is 1. The second kappa shape index (κ2) is 4.75. The van der Waals surface area contributed by atoms with Crippen molar-refractivity contribution in [1.82, 2.24) is 0 Å². The first-order valence-electron chi connectivity index (χ1n) is 5.13. The highest BCUT2D eigenvalue weighted by Crippen LogP contribution is 2.28. The molecule has 0 saturated carbocycles. The minimum absolute atomic E-state index is 0.0372. The predicted octanol–water partition coefficient (Wildman–Crippen LogP) is 2.90. The van der Waals surface area contributed by atoms with Gasteiger partial charge in [0, 0.05) is 5.69 Å². The average Bonchev–Trinajstić information content (AvgIpc) is 2.34. The first-order chi connectivity index (χ1) is 8.58. The number of halogens is 1. The van der Waals surface area contributed by atoms with Crippen LogP contribution in [0.4, 0.5) is 10.1 Å². The number of nitrogen functional groups attached to an aromatic ring is 1. The first kappa shape index (κ1) is 11.9. The van der Waals surface area contributed by atoms with E-state index in [2.05, 4.69) is 0 Å². The third-order valence-electron chi connectivity index (χ3n) is 2.29. The van der Waals surface area contributed by atoms with Crippen molar-refractivity contribution in [2.45, 2.75) is 0 Å². The van der Waals surface area contributed by atoms with E-state index >= 15 is 0 Å². The van der Waals surface area contributed by atoms with Crippen LogP contribution < -0.4 is 10.5 Å². The van der Waals surface area contributed by atoms with Gasteiger partial charge < -0.3 is 15.6 Å². The molecular weight excluding hydrogens is 237 g/mol. The van der Waals surface area contributed by atoms with E-state index in [4.69, 9.17) is 15.6 Å². The summed E-state index contributed by atoms with van der Waals surface area (Å²) < 4.78 is 18.6. The topological polar surface area (TPSA) is 72.5 Å². The van der Waals surface area contributed by atoms with E-state index in [1.54, 1.807) is 6.07 Å². The van der Waals surface area contributed by atoms with Crippen LogP contribution in [0.15, 0.2) is 42.5 Å². The van der Waals surface area contributed by atoms with Crippen molar-refractivity contribution >= 4 is 11.7 Å². The normalized spacial score (nSPS) is 10.1. The molecule has 0 amide bonds. The standard InChI is InChI=1S/C13H10FNO3/c14-10-3-1-2-4-12(10)18-11-6-5-8(15)7-9(11)13(16)17/h1-7H,15H2,(H,16,17). The van der Waals surface area contributed by atoms with Crippen LogP contribution >= 0.6 is 0 Å². The number of benzene rings is 2. The van der Waals surface area contributed by atoms with Gasteiger partial charge in [0.05, 0.1) is 0 Å². The Morgan fingerprint density at radius 2 is 1.89 bits per heavy atom. The lowest BCUT2D eigenvalue weighted by atomic mass is 10.2. The van der Waals surface area contributed by atoms with E-state index in [-0.39, 0.29) is 17.1 Å². The summed E-state index contributed by atoms with van der Waals surface area (Å²) in [7, 11) is 0. The van der Waals surface area contributed by atoms with E-state index in [0.29, 0.717) is 5.69 Å². The van der Waals surface area contributed by atoms with Crippen LogP contribution in [0.1, 0.15) is 10.4 Å². The lowest BCUT2D eigenvalue weighted by Crippen LogP contribution is -2.02. The Morgan fingerprint density at radius 3 is 2.56 bits per heavy atom. The summed E-state index contributed by atoms with van der Waals surface area (Å²) in [4.78, 5) is 11.0. The van der Waals surface area contributed by atoms with E-state index in [1.807, 2.05) is 0 Å². The van der Waals surface area contributed by atoms with E-state index in [1.165, 1.54) is 36.4 Å². The van der Waals surface area contributed by atoms with E-state index in [0.717, 1.165) is 0 Å². The van der Waals surface area contributed by atoms with Crippen LogP contribution in [0.2, 0.25) is 0 Å². The Morgan fingerprint density at radius 1 is 1.17 bits per heavy atom. The monoisotopic (exact) mass is 247 g/mol. The smallest absolute Gasteiger partial charge is 0.339 e. The molecule has 2 aromatic carbocycles. The van der Waals surface area contributed by atoms with Crippen LogP contribution in [0.5, 0.6) is 11.5 Å². The molecule has 0 bridgehead atoms. The highest BCUT2D eigenvalue weighted by Gasteiger charge is 2.13. The molecule has 0 aliphatic carbocycles. The van der Waals surface area contributed by atoms with Gasteiger partial charge >= 0.3 is 5.97 Å². The number of nitrogens with two attached hydrogens (primary N) is 1. The molecule has 0 aliphatic heterocycles. The van der Waals surface area contributed by atoms with E-state index in [9.17, 15) is 9.18 Å². The van der Waals surface area contributed by atoms with Crippen molar-refractivity contribution in [3.8, 4) is 11.5 Å². The number of aromatic carboxylic acids is 1. The van der Waals surface area contributed by atoms with Gasteiger partial charge in [0.15, 0.2) is 11.6 Å². The Balaban J connectivity index is 2.41. The van der Waals surface area contributed by atoms with Crippen LogP contribution in [0, 0.1) is 5.82 Å². The first-order valence-corrected chi connectivity index (χ1v) is 5.13. The van der Waals surface area contributed by atoms with Crippen molar-refractivity contribution in [1.29, 1.82) is 0 Å². The minimum atomic E-state index is -1.19. The second-order valence-electron chi connectivity index (χ2n) is 3.59. The highest BCUT2D eigenvalue weighted by molar-refractivity contribution is 5.92. The molecule has 0 unspecified atom stereocenters. The second-order valence-corrected chi connectivity index (χ2v) is 3.59. The van der Waals surface area contributed by atoms with Gasteiger partial charge in [-0.25, -0.2) is 9.18 Å². The number of rotatable bonds is 3. The summed E-state index contributed by atoms with van der Waals surface area (Å²) in [6, 6.07) is 9.90. The number of carboxylic acids is 1. The Bertz CT molecular complexity index is 599. The molecule has 92 valence electrons. The molecule has 0 fully saturated rings. The zero-order valence-corrected chi connectivity index (χ0v) is 9.26. The summed E-state index contributed by atoms with van der Waals surface area (Å²) in [6.45, 7) is 0. The number of carboxylic acid groups (broad SMARTS) is 1. The summed E-state index contributed by atoms with van der Waals surface area (Å²) in [6.07, 6.45) is 0. The zero-order valence-electron chi connectivity index (χ0n) is 9.26. The number of hydrogen-bond acceptors (Lipinski definition) is 3. The molecular formula is C13H10FNO3. The number of carbonyl (C=O) groups is 1. The minimum Gasteiger partial charge on any atom is -0.478 e. The summed E-state index contributed by atoms with van der Waals surface area (Å²) in [5.74, 6) is -1.74. The summed E-state index contributed by atoms with van der Waals surface area (Å²) >= 11 is 0. The van der Waals surface area contributed by atoms with E-state index < -0.39 is 11.8 Å². The molecule has 0 heterocycles. The zero-order chi connectivity index (χ0) is 13.1. The van der Waals surface area contributed by atoms with Gasteiger partial charge in [-0.05, 0) is 30.3 Å². The molecule has 5 heteroatoms. The quantitative estimate of drug-likeness (QED) is 0.818. The summed E-state index contributed by atoms with van der Waals surface area (Å²) in [5.41, 5.74) is 5.68. The van der Waals surface area contributed by atoms with Gasteiger partial charge in [-0.3, -0.25) is 0 Å². The Kier molecular flexibility index (Phi) is 3.14. The van der Waals surface area contributed by atoms with Gasteiger partial charge in [-0.2, -0.15) is 0 Å². The number of hydrogen-bond donors (Lipinski definition) is 2. The van der Waals surface area contributed by atoms with Crippen LogP contribution in [-0.2, 0) is 0 Å². The summed E-state index contributed by atoms with van der Waals surface area (Å²) in [5, 5.41) is 9.01. The van der Waals surface area contributed by atoms with Crippen molar-refractivity contribution in [3.05, 3.63) is 53.8 Å². The van der Waals surface area contributed by atoms with Gasteiger partial charge in [-0.15, -0.1) is 0 Å². The fourth-order valence-corrected chi connectivity index (χ4v) is 1.45. The molecule has 4 nitrogen and oxygen atoms in total.